The topological polar surface area (TPSA) is 46.2 Å². The van der Waals surface area contributed by atoms with E-state index in [9.17, 15) is 8.42 Å². The van der Waals surface area contributed by atoms with Crippen molar-refractivity contribution in [3.8, 4) is 0 Å². The molecule has 2 rings (SSSR count). The van der Waals surface area contributed by atoms with Gasteiger partial charge in [-0.1, -0.05) is 47.5 Å². The zero-order valence-corrected chi connectivity index (χ0v) is 13.6. The van der Waals surface area contributed by atoms with Crippen molar-refractivity contribution >= 4 is 21.4 Å². The van der Waals surface area contributed by atoms with Gasteiger partial charge in [0.2, 0.25) is 0 Å². The number of hydrogen-bond donors (Lipinski definition) is 1. The Morgan fingerprint density at radius 1 is 1.10 bits per heavy atom. The number of hydrogen-bond acceptors (Lipinski definition) is 3. The molecule has 0 aliphatic carbocycles. The number of aryl methyl sites for hydroxylation is 1. The molecule has 0 fully saturated rings. The van der Waals surface area contributed by atoms with E-state index in [0.29, 0.717) is 23.7 Å². The molecule has 2 aromatic rings. The SMILES string of the molecule is Cc1cccc(CNCc2c(Cl)cccc2S(C)(=O)=O)c1. The van der Waals surface area contributed by atoms with Crippen molar-refractivity contribution in [2.75, 3.05) is 6.26 Å². The fourth-order valence-electron chi connectivity index (χ4n) is 2.21. The summed E-state index contributed by atoms with van der Waals surface area (Å²) in [6.45, 7) is 3.12. The predicted molar refractivity (Wildman–Crippen MR) is 86.3 cm³/mol. The zero-order chi connectivity index (χ0) is 15.5. The number of halogens is 1. The van der Waals surface area contributed by atoms with Crippen molar-refractivity contribution in [3.63, 3.8) is 0 Å². The van der Waals surface area contributed by atoms with E-state index >= 15 is 0 Å². The Labute approximate surface area is 130 Å². The molecule has 0 radical (unpaired) electrons. The van der Waals surface area contributed by atoms with Crippen molar-refractivity contribution in [2.24, 2.45) is 0 Å². The lowest BCUT2D eigenvalue weighted by Crippen LogP contribution is -2.15. The zero-order valence-electron chi connectivity index (χ0n) is 12.1. The lowest BCUT2D eigenvalue weighted by molar-refractivity contribution is 0.598. The first kappa shape index (κ1) is 16.0. The maximum atomic E-state index is 11.8. The van der Waals surface area contributed by atoms with Gasteiger partial charge in [0.1, 0.15) is 0 Å². The molecule has 0 aliphatic heterocycles. The fraction of sp³-hybridized carbons (Fsp3) is 0.250. The quantitative estimate of drug-likeness (QED) is 0.918. The number of rotatable bonds is 5. The second kappa shape index (κ2) is 6.60. The summed E-state index contributed by atoms with van der Waals surface area (Å²) in [6.07, 6.45) is 1.20. The Hall–Kier alpha value is -1.36. The third kappa shape index (κ3) is 4.30. The van der Waals surface area contributed by atoms with Crippen LogP contribution in [-0.4, -0.2) is 14.7 Å². The van der Waals surface area contributed by atoms with Crippen LogP contribution in [0.15, 0.2) is 47.4 Å². The molecular formula is C16H18ClNO2S. The van der Waals surface area contributed by atoms with Crippen LogP contribution in [0.5, 0.6) is 0 Å². The van der Waals surface area contributed by atoms with Crippen LogP contribution >= 0.6 is 11.6 Å². The average Bonchev–Trinajstić information content (AvgIpc) is 2.39. The minimum absolute atomic E-state index is 0.284. The first-order valence-corrected chi connectivity index (χ1v) is 8.88. The molecule has 112 valence electrons. The summed E-state index contributed by atoms with van der Waals surface area (Å²) in [7, 11) is -3.28. The van der Waals surface area contributed by atoms with Gasteiger partial charge in [-0.2, -0.15) is 0 Å². The molecule has 0 spiro atoms. The van der Waals surface area contributed by atoms with E-state index in [1.165, 1.54) is 11.8 Å². The lowest BCUT2D eigenvalue weighted by Gasteiger charge is -2.11. The molecule has 0 aliphatic rings. The summed E-state index contributed by atoms with van der Waals surface area (Å²) in [5, 5.41) is 3.72. The first-order valence-electron chi connectivity index (χ1n) is 6.61. The van der Waals surface area contributed by atoms with E-state index < -0.39 is 9.84 Å². The second-order valence-electron chi connectivity index (χ2n) is 5.08. The van der Waals surface area contributed by atoms with E-state index in [4.69, 9.17) is 11.6 Å². The highest BCUT2D eigenvalue weighted by Gasteiger charge is 2.15. The van der Waals surface area contributed by atoms with E-state index in [2.05, 4.69) is 11.4 Å². The van der Waals surface area contributed by atoms with E-state index in [1.807, 2.05) is 25.1 Å². The highest BCUT2D eigenvalue weighted by Crippen LogP contribution is 2.23. The van der Waals surface area contributed by atoms with Gasteiger partial charge in [0.15, 0.2) is 9.84 Å². The van der Waals surface area contributed by atoms with Crippen LogP contribution in [0.2, 0.25) is 5.02 Å². The summed E-state index contributed by atoms with van der Waals surface area (Å²) in [6, 6.07) is 13.1. The minimum Gasteiger partial charge on any atom is -0.309 e. The van der Waals surface area contributed by atoms with Crippen LogP contribution in [0.25, 0.3) is 0 Å². The maximum absolute atomic E-state index is 11.8. The lowest BCUT2D eigenvalue weighted by atomic mass is 10.1. The number of benzene rings is 2. The van der Waals surface area contributed by atoms with Gasteiger partial charge in [-0.05, 0) is 24.6 Å². The van der Waals surface area contributed by atoms with Crippen LogP contribution in [0.4, 0.5) is 0 Å². The number of sulfone groups is 1. The molecule has 1 N–H and O–H groups in total. The monoisotopic (exact) mass is 323 g/mol. The highest BCUT2D eigenvalue weighted by molar-refractivity contribution is 7.90. The van der Waals surface area contributed by atoms with Crippen molar-refractivity contribution < 1.29 is 8.42 Å². The predicted octanol–water partition coefficient (Wildman–Crippen LogP) is 3.34. The molecule has 0 unspecified atom stereocenters. The molecule has 21 heavy (non-hydrogen) atoms. The Kier molecular flexibility index (Phi) is 5.04. The summed E-state index contributed by atoms with van der Waals surface area (Å²) in [5.41, 5.74) is 2.97. The van der Waals surface area contributed by atoms with Crippen LogP contribution in [0.3, 0.4) is 0 Å². The Morgan fingerprint density at radius 3 is 2.48 bits per heavy atom. The van der Waals surface area contributed by atoms with Gasteiger partial charge in [-0.15, -0.1) is 0 Å². The van der Waals surface area contributed by atoms with Gasteiger partial charge in [-0.3, -0.25) is 0 Å². The minimum atomic E-state index is -3.28. The summed E-state index contributed by atoms with van der Waals surface area (Å²) in [4.78, 5) is 0.284. The van der Waals surface area contributed by atoms with Crippen LogP contribution in [-0.2, 0) is 22.9 Å². The van der Waals surface area contributed by atoms with Crippen molar-refractivity contribution in [3.05, 3.63) is 64.2 Å². The summed E-state index contributed by atoms with van der Waals surface area (Å²) in [5.74, 6) is 0. The Bertz CT molecular complexity index is 742. The molecule has 2 aromatic carbocycles. The third-order valence-electron chi connectivity index (χ3n) is 3.19. The van der Waals surface area contributed by atoms with Crippen LogP contribution in [0.1, 0.15) is 16.7 Å². The van der Waals surface area contributed by atoms with Crippen molar-refractivity contribution in [1.82, 2.24) is 5.32 Å². The molecule has 0 aromatic heterocycles. The van der Waals surface area contributed by atoms with Gasteiger partial charge in [0, 0.05) is 29.9 Å². The maximum Gasteiger partial charge on any atom is 0.175 e. The molecule has 0 saturated carbocycles. The fourth-order valence-corrected chi connectivity index (χ4v) is 3.46. The standard InChI is InChI=1S/C16H18ClNO2S/c1-12-5-3-6-13(9-12)10-18-11-14-15(17)7-4-8-16(14)21(2,19)20/h3-9,18H,10-11H2,1-2H3. The van der Waals surface area contributed by atoms with Crippen molar-refractivity contribution in [1.29, 1.82) is 0 Å². The van der Waals surface area contributed by atoms with Gasteiger partial charge >= 0.3 is 0 Å². The van der Waals surface area contributed by atoms with Gasteiger partial charge in [-0.25, -0.2) is 8.42 Å². The largest absolute Gasteiger partial charge is 0.309 e. The third-order valence-corrected chi connectivity index (χ3v) is 4.72. The van der Waals surface area contributed by atoms with E-state index in [-0.39, 0.29) is 4.90 Å². The molecule has 0 amide bonds. The highest BCUT2D eigenvalue weighted by atomic mass is 35.5. The summed E-state index contributed by atoms with van der Waals surface area (Å²) < 4.78 is 23.6. The van der Waals surface area contributed by atoms with Crippen LogP contribution in [0, 0.1) is 6.92 Å². The normalized spacial score (nSPS) is 11.6. The molecule has 0 atom stereocenters. The van der Waals surface area contributed by atoms with Crippen LogP contribution < -0.4 is 5.32 Å². The van der Waals surface area contributed by atoms with Crippen molar-refractivity contribution in [2.45, 2.75) is 24.9 Å². The number of nitrogens with one attached hydrogen (secondary N) is 1. The Balaban J connectivity index is 2.14. The average molecular weight is 324 g/mol. The van der Waals surface area contributed by atoms with Gasteiger partial charge in [0.25, 0.3) is 0 Å². The Morgan fingerprint density at radius 2 is 1.81 bits per heavy atom. The molecule has 5 heteroatoms. The molecule has 0 heterocycles. The first-order chi connectivity index (χ1) is 9.88. The second-order valence-corrected chi connectivity index (χ2v) is 7.47. The van der Waals surface area contributed by atoms with Gasteiger partial charge < -0.3 is 5.32 Å². The summed E-state index contributed by atoms with van der Waals surface area (Å²) >= 11 is 6.14. The van der Waals surface area contributed by atoms with E-state index in [0.717, 1.165) is 5.56 Å². The van der Waals surface area contributed by atoms with E-state index in [1.54, 1.807) is 18.2 Å². The molecular weight excluding hydrogens is 306 g/mol. The molecule has 3 nitrogen and oxygen atoms in total. The molecule has 0 saturated heterocycles. The molecule has 0 bridgehead atoms. The van der Waals surface area contributed by atoms with Gasteiger partial charge in [0.05, 0.1) is 4.90 Å². The smallest absolute Gasteiger partial charge is 0.175 e.